The maximum Gasteiger partial charge on any atom is 0.329 e. The van der Waals surface area contributed by atoms with Crippen LogP contribution in [0.2, 0.25) is 0 Å². The molecule has 0 spiro atoms. The van der Waals surface area contributed by atoms with Crippen molar-refractivity contribution in [2.45, 2.75) is 18.9 Å². The summed E-state index contributed by atoms with van der Waals surface area (Å²) in [7, 11) is 0. The Labute approximate surface area is 107 Å². The third-order valence-corrected chi connectivity index (χ3v) is 3.39. The molecular formula is C13H19NO2S. The molecule has 0 saturated carbocycles. The number of thioether (sulfide) groups is 1. The number of hydrogen-bond acceptors (Lipinski definition) is 3. The third kappa shape index (κ3) is 3.23. The summed E-state index contributed by atoms with van der Waals surface area (Å²) in [4.78, 5) is 11.6. The highest BCUT2D eigenvalue weighted by Gasteiger charge is 2.39. The van der Waals surface area contributed by atoms with Gasteiger partial charge in [-0.3, -0.25) is 5.32 Å². The summed E-state index contributed by atoms with van der Waals surface area (Å²) in [5.74, 6) is -0.293. The van der Waals surface area contributed by atoms with Gasteiger partial charge in [0.05, 0.1) is 0 Å². The molecule has 1 rings (SSSR count). The van der Waals surface area contributed by atoms with Crippen LogP contribution < -0.4 is 5.32 Å². The molecule has 0 heterocycles. The van der Waals surface area contributed by atoms with Gasteiger partial charge in [0.1, 0.15) is 0 Å². The van der Waals surface area contributed by atoms with Gasteiger partial charge in [-0.1, -0.05) is 37.3 Å². The lowest BCUT2D eigenvalue weighted by molar-refractivity contribution is -0.144. The number of nitrogens with one attached hydrogen (secondary N) is 1. The predicted molar refractivity (Wildman–Crippen MR) is 72.4 cm³/mol. The van der Waals surface area contributed by atoms with E-state index >= 15 is 0 Å². The predicted octanol–water partition coefficient (Wildman–Crippen LogP) is 2.33. The van der Waals surface area contributed by atoms with Gasteiger partial charge < -0.3 is 5.11 Å². The second-order valence-corrected chi connectivity index (χ2v) is 4.80. The van der Waals surface area contributed by atoms with Crippen molar-refractivity contribution in [1.82, 2.24) is 5.32 Å². The van der Waals surface area contributed by atoms with E-state index < -0.39 is 11.5 Å². The van der Waals surface area contributed by atoms with Crippen molar-refractivity contribution in [1.29, 1.82) is 0 Å². The maximum absolute atomic E-state index is 11.6. The first-order valence-corrected chi connectivity index (χ1v) is 7.09. The van der Waals surface area contributed by atoms with Crippen molar-refractivity contribution in [2.75, 3.05) is 18.6 Å². The largest absolute Gasteiger partial charge is 0.480 e. The topological polar surface area (TPSA) is 49.3 Å². The molecule has 0 aliphatic rings. The van der Waals surface area contributed by atoms with Crippen LogP contribution in [-0.4, -0.2) is 29.6 Å². The summed E-state index contributed by atoms with van der Waals surface area (Å²) in [6.07, 6.45) is 2.84. The minimum Gasteiger partial charge on any atom is -0.480 e. The lowest BCUT2D eigenvalue weighted by Gasteiger charge is -2.30. The first-order valence-electron chi connectivity index (χ1n) is 5.70. The average molecular weight is 253 g/mol. The van der Waals surface area contributed by atoms with Crippen LogP contribution in [0.15, 0.2) is 30.3 Å². The molecule has 0 radical (unpaired) electrons. The zero-order valence-electron chi connectivity index (χ0n) is 10.3. The summed E-state index contributed by atoms with van der Waals surface area (Å²) in [6, 6.07) is 9.39. The summed E-state index contributed by atoms with van der Waals surface area (Å²) in [6.45, 7) is 2.73. The van der Waals surface area contributed by atoms with Crippen LogP contribution >= 0.6 is 11.8 Å². The Bertz CT molecular complexity index is 356. The molecule has 17 heavy (non-hydrogen) atoms. The quantitative estimate of drug-likeness (QED) is 0.783. The van der Waals surface area contributed by atoms with Gasteiger partial charge in [-0.2, -0.15) is 11.8 Å². The number of carbonyl (C=O) groups is 1. The Morgan fingerprint density at radius 1 is 1.41 bits per heavy atom. The highest BCUT2D eigenvalue weighted by atomic mass is 32.2. The van der Waals surface area contributed by atoms with Crippen molar-refractivity contribution in [3.05, 3.63) is 35.9 Å². The van der Waals surface area contributed by atoms with Crippen LogP contribution in [-0.2, 0) is 10.3 Å². The van der Waals surface area contributed by atoms with Crippen LogP contribution in [0, 0.1) is 0 Å². The zero-order chi connectivity index (χ0) is 12.7. The van der Waals surface area contributed by atoms with E-state index in [0.29, 0.717) is 12.3 Å². The van der Waals surface area contributed by atoms with Gasteiger partial charge in [0.2, 0.25) is 0 Å². The first-order chi connectivity index (χ1) is 8.17. The van der Waals surface area contributed by atoms with Crippen molar-refractivity contribution >= 4 is 17.7 Å². The first kappa shape index (κ1) is 14.1. The normalized spacial score (nSPS) is 14.2. The molecular weight excluding hydrogens is 234 g/mol. The fourth-order valence-electron chi connectivity index (χ4n) is 1.77. The standard InChI is InChI=1S/C13H19NO2S/c1-3-9-14-13(10-17-2,12(15)16)11-7-5-4-6-8-11/h4-8,14H,3,9-10H2,1-2H3,(H,15,16). The molecule has 0 aliphatic heterocycles. The van der Waals surface area contributed by atoms with Crippen LogP contribution in [0.1, 0.15) is 18.9 Å². The van der Waals surface area contributed by atoms with E-state index in [0.717, 1.165) is 12.0 Å². The minimum absolute atomic E-state index is 0.520. The molecule has 1 atom stereocenters. The molecule has 1 aromatic carbocycles. The van der Waals surface area contributed by atoms with Crippen molar-refractivity contribution in [3.63, 3.8) is 0 Å². The summed E-state index contributed by atoms with van der Waals surface area (Å²) in [5, 5.41) is 12.7. The van der Waals surface area contributed by atoms with Gasteiger partial charge in [0, 0.05) is 5.75 Å². The maximum atomic E-state index is 11.6. The summed E-state index contributed by atoms with van der Waals surface area (Å²) < 4.78 is 0. The molecule has 0 fully saturated rings. The number of hydrogen-bond donors (Lipinski definition) is 2. The fraction of sp³-hybridized carbons (Fsp3) is 0.462. The monoisotopic (exact) mass is 253 g/mol. The highest BCUT2D eigenvalue weighted by Crippen LogP contribution is 2.25. The molecule has 2 N–H and O–H groups in total. The summed E-state index contributed by atoms with van der Waals surface area (Å²) >= 11 is 1.54. The van der Waals surface area contributed by atoms with Crippen molar-refractivity contribution in [3.8, 4) is 0 Å². The summed E-state index contributed by atoms with van der Waals surface area (Å²) in [5.41, 5.74) is -0.160. The molecule has 3 nitrogen and oxygen atoms in total. The molecule has 1 aromatic rings. The Hall–Kier alpha value is -1.00. The number of rotatable bonds is 7. The Morgan fingerprint density at radius 2 is 2.06 bits per heavy atom. The second kappa shape index (κ2) is 6.67. The van der Waals surface area contributed by atoms with Crippen molar-refractivity contribution in [2.24, 2.45) is 0 Å². The Balaban J connectivity index is 3.10. The van der Waals surface area contributed by atoms with Gasteiger partial charge in [-0.25, -0.2) is 4.79 Å². The van der Waals surface area contributed by atoms with Crippen molar-refractivity contribution < 1.29 is 9.90 Å². The zero-order valence-corrected chi connectivity index (χ0v) is 11.1. The molecule has 94 valence electrons. The minimum atomic E-state index is -0.976. The Morgan fingerprint density at radius 3 is 2.53 bits per heavy atom. The van der Waals surface area contributed by atoms with E-state index in [1.54, 1.807) is 0 Å². The highest BCUT2D eigenvalue weighted by molar-refractivity contribution is 7.98. The molecule has 0 amide bonds. The van der Waals surface area contributed by atoms with E-state index in [1.807, 2.05) is 43.5 Å². The number of carboxylic acid groups (broad SMARTS) is 1. The third-order valence-electron chi connectivity index (χ3n) is 2.67. The molecule has 4 heteroatoms. The van der Waals surface area contributed by atoms with Crippen LogP contribution in [0.5, 0.6) is 0 Å². The van der Waals surface area contributed by atoms with Gasteiger partial charge in [-0.05, 0) is 24.8 Å². The molecule has 1 unspecified atom stereocenters. The van der Waals surface area contributed by atoms with Gasteiger partial charge in [-0.15, -0.1) is 0 Å². The average Bonchev–Trinajstić information content (AvgIpc) is 2.35. The lowest BCUT2D eigenvalue weighted by atomic mass is 9.91. The number of carboxylic acids is 1. The SMILES string of the molecule is CCCNC(CSC)(C(=O)O)c1ccccc1. The Kier molecular flexibility index (Phi) is 5.51. The smallest absolute Gasteiger partial charge is 0.329 e. The van der Waals surface area contributed by atoms with Crippen LogP contribution in [0.4, 0.5) is 0 Å². The van der Waals surface area contributed by atoms with E-state index in [2.05, 4.69) is 5.32 Å². The number of benzene rings is 1. The fourth-order valence-corrected chi connectivity index (χ4v) is 2.60. The molecule has 0 saturated heterocycles. The van der Waals surface area contributed by atoms with Gasteiger partial charge >= 0.3 is 5.97 Å². The van der Waals surface area contributed by atoms with Gasteiger partial charge in [0.25, 0.3) is 0 Å². The van der Waals surface area contributed by atoms with E-state index in [1.165, 1.54) is 11.8 Å². The molecule has 0 aliphatic carbocycles. The second-order valence-electron chi connectivity index (χ2n) is 3.94. The van der Waals surface area contributed by atoms with Crippen LogP contribution in [0.3, 0.4) is 0 Å². The van der Waals surface area contributed by atoms with E-state index in [4.69, 9.17) is 0 Å². The molecule has 0 aromatic heterocycles. The van der Waals surface area contributed by atoms with E-state index in [9.17, 15) is 9.90 Å². The number of aliphatic carboxylic acids is 1. The lowest BCUT2D eigenvalue weighted by Crippen LogP contribution is -2.51. The van der Waals surface area contributed by atoms with Crippen LogP contribution in [0.25, 0.3) is 0 Å². The van der Waals surface area contributed by atoms with Gasteiger partial charge in [0.15, 0.2) is 5.54 Å². The van der Waals surface area contributed by atoms with E-state index in [-0.39, 0.29) is 0 Å². The molecule has 0 bridgehead atoms.